The van der Waals surface area contributed by atoms with Crippen molar-refractivity contribution in [2.45, 2.75) is 117 Å². The van der Waals surface area contributed by atoms with Gasteiger partial charge in [-0.2, -0.15) is 0 Å². The highest BCUT2D eigenvalue weighted by molar-refractivity contribution is 6.38. The van der Waals surface area contributed by atoms with Gasteiger partial charge in [0.1, 0.15) is 12.1 Å². The number of hydrogen-bond acceptors (Lipinski definition) is 5. The monoisotopic (exact) mass is 493 g/mol. The molecule has 1 heterocycles. The average Bonchev–Trinajstić information content (AvgIpc) is 3.39. The Balaban J connectivity index is 2.12. The van der Waals surface area contributed by atoms with Crippen LogP contribution in [0.5, 0.6) is 0 Å². The lowest BCUT2D eigenvalue weighted by Gasteiger charge is -2.36. The molecular formula is C25H43N5O5. The fourth-order valence-corrected chi connectivity index (χ4v) is 4.09. The topological polar surface area (TPSA) is 137 Å². The molecule has 4 N–H and O–H groups in total. The normalized spacial score (nSPS) is 20.0. The predicted octanol–water partition coefficient (Wildman–Crippen LogP) is 1.62. The summed E-state index contributed by atoms with van der Waals surface area (Å²) in [4.78, 5) is 65.7. The zero-order valence-corrected chi connectivity index (χ0v) is 22.2. The molecule has 198 valence electrons. The maximum absolute atomic E-state index is 13.6. The minimum absolute atomic E-state index is 0.0460. The number of carbonyl (C=O) groups is 5. The van der Waals surface area contributed by atoms with Gasteiger partial charge in [0.05, 0.1) is 6.04 Å². The Bertz CT molecular complexity index is 825. The molecule has 5 amide bonds. The van der Waals surface area contributed by atoms with Gasteiger partial charge in [0.15, 0.2) is 0 Å². The second kappa shape index (κ2) is 11.4. The van der Waals surface area contributed by atoms with Gasteiger partial charge in [0, 0.05) is 18.1 Å². The largest absolute Gasteiger partial charge is 0.347 e. The predicted molar refractivity (Wildman–Crippen MR) is 132 cm³/mol. The molecule has 0 spiro atoms. The van der Waals surface area contributed by atoms with Crippen LogP contribution in [0.3, 0.4) is 0 Å². The number of hydrogen-bond donors (Lipinski definition) is 4. The van der Waals surface area contributed by atoms with Gasteiger partial charge < -0.3 is 26.2 Å². The van der Waals surface area contributed by atoms with E-state index < -0.39 is 52.7 Å². The van der Waals surface area contributed by atoms with Crippen LogP contribution in [0.15, 0.2) is 0 Å². The fraction of sp³-hybridized carbons (Fsp3) is 0.800. The standard InChI is InChI=1S/C25H43N5O5/c1-8-10-16(18(31)21(33)26-15-12-13-15)27-20(32)17-11-9-14-30(17)22(34)19(24(2,3)4)28-23(35)29-25(5,6)7/h15-17,19H,8-14H2,1-7H3,(H,26,33)(H,27,32)(H2,28,29,35)/t16-,17-,19+/m0/s1. The summed E-state index contributed by atoms with van der Waals surface area (Å²) in [6.07, 6.45) is 3.74. The van der Waals surface area contributed by atoms with Crippen molar-refractivity contribution in [1.29, 1.82) is 0 Å². The molecule has 2 aliphatic rings. The Kier molecular flexibility index (Phi) is 9.30. The zero-order chi connectivity index (χ0) is 26.6. The molecule has 0 unspecified atom stereocenters. The molecule has 0 aromatic rings. The first kappa shape index (κ1) is 28.6. The van der Waals surface area contributed by atoms with Crippen LogP contribution >= 0.6 is 0 Å². The van der Waals surface area contributed by atoms with Crippen molar-refractivity contribution in [2.24, 2.45) is 5.41 Å². The Morgan fingerprint density at radius 1 is 0.943 bits per heavy atom. The number of nitrogens with zero attached hydrogens (tertiary/aromatic N) is 1. The van der Waals surface area contributed by atoms with Gasteiger partial charge in [-0.3, -0.25) is 19.2 Å². The summed E-state index contributed by atoms with van der Waals surface area (Å²) < 4.78 is 0. The third kappa shape index (κ3) is 8.50. The number of rotatable bonds is 9. The lowest BCUT2D eigenvalue weighted by Crippen LogP contribution is -2.61. The average molecular weight is 494 g/mol. The molecule has 0 radical (unpaired) electrons. The molecule has 0 aromatic heterocycles. The van der Waals surface area contributed by atoms with Gasteiger partial charge >= 0.3 is 6.03 Å². The highest BCUT2D eigenvalue weighted by Crippen LogP contribution is 2.26. The summed E-state index contributed by atoms with van der Waals surface area (Å²) >= 11 is 0. The van der Waals surface area contributed by atoms with Crippen molar-refractivity contribution in [3.05, 3.63) is 0 Å². The summed E-state index contributed by atoms with van der Waals surface area (Å²) in [5.74, 6) is -2.12. The molecule has 0 aromatic carbocycles. The summed E-state index contributed by atoms with van der Waals surface area (Å²) in [7, 11) is 0. The minimum atomic E-state index is -0.932. The fourth-order valence-electron chi connectivity index (χ4n) is 4.09. The van der Waals surface area contributed by atoms with Crippen molar-refractivity contribution < 1.29 is 24.0 Å². The Hall–Kier alpha value is -2.65. The van der Waals surface area contributed by atoms with E-state index in [4.69, 9.17) is 0 Å². The molecule has 1 aliphatic carbocycles. The number of urea groups is 1. The summed E-state index contributed by atoms with van der Waals surface area (Å²) in [5, 5.41) is 11.0. The molecule has 1 saturated carbocycles. The highest BCUT2D eigenvalue weighted by Gasteiger charge is 2.43. The van der Waals surface area contributed by atoms with Crippen LogP contribution in [0.4, 0.5) is 4.79 Å². The van der Waals surface area contributed by atoms with E-state index in [9.17, 15) is 24.0 Å². The first-order valence-corrected chi connectivity index (χ1v) is 12.7. The molecular weight excluding hydrogens is 450 g/mol. The second-order valence-electron chi connectivity index (χ2n) is 11.8. The summed E-state index contributed by atoms with van der Waals surface area (Å²) in [6, 6.07) is -2.96. The first-order chi connectivity index (χ1) is 16.1. The van der Waals surface area contributed by atoms with E-state index >= 15 is 0 Å². The van der Waals surface area contributed by atoms with E-state index in [1.807, 2.05) is 48.5 Å². The van der Waals surface area contributed by atoms with E-state index in [0.717, 1.165) is 12.8 Å². The van der Waals surface area contributed by atoms with Crippen molar-refractivity contribution in [2.75, 3.05) is 6.54 Å². The van der Waals surface area contributed by atoms with Gasteiger partial charge in [-0.15, -0.1) is 0 Å². The van der Waals surface area contributed by atoms with Crippen molar-refractivity contribution >= 4 is 29.5 Å². The molecule has 10 heteroatoms. The third-order valence-electron chi connectivity index (χ3n) is 6.06. The third-order valence-corrected chi connectivity index (χ3v) is 6.06. The SMILES string of the molecule is CCC[C@H](NC(=O)[C@@H]1CCCN1C(=O)[C@@H](NC(=O)NC(C)(C)C)C(C)(C)C)C(=O)C(=O)NC1CC1. The van der Waals surface area contributed by atoms with E-state index in [0.29, 0.717) is 32.2 Å². The maximum Gasteiger partial charge on any atom is 0.315 e. The summed E-state index contributed by atoms with van der Waals surface area (Å²) in [5.41, 5.74) is -1.07. The number of likely N-dealkylation sites (tertiary alicyclic amines) is 1. The molecule has 1 aliphatic heterocycles. The molecule has 1 saturated heterocycles. The van der Waals surface area contributed by atoms with E-state index in [2.05, 4.69) is 21.3 Å². The maximum atomic E-state index is 13.6. The molecule has 10 nitrogen and oxygen atoms in total. The molecule has 2 fully saturated rings. The molecule has 2 rings (SSSR count). The van der Waals surface area contributed by atoms with Crippen LogP contribution < -0.4 is 21.3 Å². The number of carbonyl (C=O) groups excluding carboxylic acids is 5. The lowest BCUT2D eigenvalue weighted by molar-refractivity contribution is -0.143. The van der Waals surface area contributed by atoms with E-state index in [1.54, 1.807) is 0 Å². The van der Waals surface area contributed by atoms with Crippen LogP contribution in [-0.2, 0) is 19.2 Å². The number of Topliss-reactive ketones (excluding diaryl/α,β-unsaturated/α-hetero) is 1. The number of amides is 5. The molecule has 3 atom stereocenters. The zero-order valence-electron chi connectivity index (χ0n) is 22.2. The molecule has 35 heavy (non-hydrogen) atoms. The Morgan fingerprint density at radius 2 is 1.57 bits per heavy atom. The van der Waals surface area contributed by atoms with Gasteiger partial charge in [-0.25, -0.2) is 4.79 Å². The van der Waals surface area contributed by atoms with Crippen molar-refractivity contribution in [3.8, 4) is 0 Å². The van der Waals surface area contributed by atoms with Gasteiger partial charge in [-0.1, -0.05) is 34.1 Å². The van der Waals surface area contributed by atoms with Gasteiger partial charge in [-0.05, 0) is 58.3 Å². The number of nitrogens with one attached hydrogen (secondary N) is 4. The quantitative estimate of drug-likeness (QED) is 0.362. The van der Waals surface area contributed by atoms with Gasteiger partial charge in [0.25, 0.3) is 5.91 Å². The van der Waals surface area contributed by atoms with Crippen molar-refractivity contribution in [1.82, 2.24) is 26.2 Å². The van der Waals surface area contributed by atoms with E-state index in [-0.39, 0.29) is 11.9 Å². The minimum Gasteiger partial charge on any atom is -0.347 e. The Labute approximate surface area is 208 Å². The number of ketones is 1. The van der Waals surface area contributed by atoms with Crippen LogP contribution in [-0.4, -0.2) is 70.7 Å². The van der Waals surface area contributed by atoms with Crippen molar-refractivity contribution in [3.63, 3.8) is 0 Å². The second-order valence-corrected chi connectivity index (χ2v) is 11.8. The smallest absolute Gasteiger partial charge is 0.315 e. The lowest BCUT2D eigenvalue weighted by atomic mass is 9.85. The molecule has 0 bridgehead atoms. The highest BCUT2D eigenvalue weighted by atomic mass is 16.2. The van der Waals surface area contributed by atoms with Gasteiger partial charge in [0.2, 0.25) is 17.6 Å². The first-order valence-electron chi connectivity index (χ1n) is 12.7. The van der Waals surface area contributed by atoms with Crippen LogP contribution in [0.1, 0.15) is 87.0 Å². The summed E-state index contributed by atoms with van der Waals surface area (Å²) in [6.45, 7) is 13.4. The van der Waals surface area contributed by atoms with E-state index in [1.165, 1.54) is 4.90 Å². The van der Waals surface area contributed by atoms with Crippen LogP contribution in [0.25, 0.3) is 0 Å². The van der Waals surface area contributed by atoms with Crippen LogP contribution in [0.2, 0.25) is 0 Å². The Morgan fingerprint density at radius 3 is 2.09 bits per heavy atom. The van der Waals surface area contributed by atoms with Crippen LogP contribution in [0, 0.1) is 5.41 Å².